The molecule has 8 heteroatoms. The van der Waals surface area contributed by atoms with E-state index in [2.05, 4.69) is 19.9 Å². The molecule has 5 nitrogen and oxygen atoms in total. The zero-order chi connectivity index (χ0) is 19.3. The molecule has 4 rings (SSSR count). The van der Waals surface area contributed by atoms with Crippen LogP contribution in [0.3, 0.4) is 0 Å². The van der Waals surface area contributed by atoms with Crippen molar-refractivity contribution in [3.63, 3.8) is 0 Å². The Kier molecular flexibility index (Phi) is 6.04. The number of fused-ring (bicyclic) bond motifs is 1. The molecule has 0 bridgehead atoms. The number of rotatable bonds is 6. The molecule has 2 heterocycles. The molecule has 0 unspecified atom stereocenters. The van der Waals surface area contributed by atoms with Crippen molar-refractivity contribution < 1.29 is 4.79 Å². The van der Waals surface area contributed by atoms with Gasteiger partial charge in [0.2, 0.25) is 5.91 Å². The molecule has 1 aromatic heterocycles. The smallest absolute Gasteiger partial charge is 0.243 e. The standard InChI is InChI=1S/C20H19ClN4OS2/c21-15-3-8-18-14(12-15)2-1-10-25(18)13-19(26)23-16-4-6-17(7-5-16)28-24-20-22-9-11-27-20/h3-9,11-12H,1-2,10,13H2,(H,22,24)(H,23,26). The van der Waals surface area contributed by atoms with Crippen molar-refractivity contribution in [3.8, 4) is 0 Å². The second kappa shape index (κ2) is 8.86. The highest BCUT2D eigenvalue weighted by Crippen LogP contribution is 2.29. The number of aromatic nitrogens is 1. The lowest BCUT2D eigenvalue weighted by atomic mass is 10.0. The number of hydrogen-bond donors (Lipinski definition) is 2. The molecule has 1 aliphatic rings. The van der Waals surface area contributed by atoms with Gasteiger partial charge in [-0.15, -0.1) is 11.3 Å². The van der Waals surface area contributed by atoms with E-state index in [9.17, 15) is 4.79 Å². The minimum absolute atomic E-state index is 0.0240. The summed E-state index contributed by atoms with van der Waals surface area (Å²) in [5.74, 6) is -0.0240. The van der Waals surface area contributed by atoms with Crippen molar-refractivity contribution in [1.29, 1.82) is 0 Å². The van der Waals surface area contributed by atoms with E-state index in [1.807, 2.05) is 47.8 Å². The average molecular weight is 431 g/mol. The number of benzene rings is 2. The van der Waals surface area contributed by atoms with Crippen molar-refractivity contribution in [3.05, 3.63) is 64.6 Å². The third-order valence-corrected chi connectivity index (χ3v) is 6.27. The fourth-order valence-electron chi connectivity index (χ4n) is 3.16. The quantitative estimate of drug-likeness (QED) is 0.519. The largest absolute Gasteiger partial charge is 0.362 e. The monoisotopic (exact) mass is 430 g/mol. The number of nitrogens with zero attached hydrogens (tertiary/aromatic N) is 2. The average Bonchev–Trinajstić information content (AvgIpc) is 3.21. The second-order valence-electron chi connectivity index (χ2n) is 6.41. The van der Waals surface area contributed by atoms with Crippen LogP contribution in [0, 0.1) is 0 Å². The van der Waals surface area contributed by atoms with Crippen molar-refractivity contribution in [2.75, 3.05) is 28.0 Å². The van der Waals surface area contributed by atoms with Crippen LogP contribution in [0.1, 0.15) is 12.0 Å². The molecular formula is C20H19ClN4OS2. The van der Waals surface area contributed by atoms with Crippen LogP contribution >= 0.6 is 34.9 Å². The van der Waals surface area contributed by atoms with Crippen molar-refractivity contribution in [2.24, 2.45) is 0 Å². The molecule has 2 aromatic carbocycles. The summed E-state index contributed by atoms with van der Waals surface area (Å²) in [6.45, 7) is 1.21. The van der Waals surface area contributed by atoms with Gasteiger partial charge in [0.05, 0.1) is 6.54 Å². The Balaban J connectivity index is 1.33. The Morgan fingerprint density at radius 1 is 1.25 bits per heavy atom. The van der Waals surface area contributed by atoms with Crippen LogP contribution < -0.4 is 14.9 Å². The summed E-state index contributed by atoms with van der Waals surface area (Å²) in [7, 11) is 0. The Morgan fingerprint density at radius 2 is 2.11 bits per heavy atom. The van der Waals surface area contributed by atoms with E-state index in [1.165, 1.54) is 17.5 Å². The fraction of sp³-hybridized carbons (Fsp3) is 0.200. The first-order valence-electron chi connectivity index (χ1n) is 8.93. The predicted molar refractivity (Wildman–Crippen MR) is 119 cm³/mol. The SMILES string of the molecule is O=C(CN1CCCc2cc(Cl)ccc21)Nc1ccc(SNc2nccs2)cc1. The number of carbonyl (C=O) groups excluding carboxylic acids is 1. The lowest BCUT2D eigenvalue weighted by molar-refractivity contribution is -0.115. The van der Waals surface area contributed by atoms with Crippen LogP contribution in [-0.2, 0) is 11.2 Å². The Hall–Kier alpha value is -2.22. The molecule has 0 saturated heterocycles. The van der Waals surface area contributed by atoms with Crippen molar-refractivity contribution in [2.45, 2.75) is 17.7 Å². The van der Waals surface area contributed by atoms with E-state index < -0.39 is 0 Å². The fourth-order valence-corrected chi connectivity index (χ4v) is 4.58. The molecule has 0 radical (unpaired) electrons. The van der Waals surface area contributed by atoms with E-state index in [0.29, 0.717) is 6.54 Å². The predicted octanol–water partition coefficient (Wildman–Crippen LogP) is 5.31. The minimum Gasteiger partial charge on any atom is -0.362 e. The van der Waals surface area contributed by atoms with Gasteiger partial charge in [-0.25, -0.2) is 4.98 Å². The first-order chi connectivity index (χ1) is 13.7. The van der Waals surface area contributed by atoms with Gasteiger partial charge in [-0.05, 0) is 72.8 Å². The van der Waals surface area contributed by atoms with Crippen LogP contribution in [0.4, 0.5) is 16.5 Å². The minimum atomic E-state index is -0.0240. The van der Waals surface area contributed by atoms with Crippen LogP contribution in [0.5, 0.6) is 0 Å². The van der Waals surface area contributed by atoms with Gasteiger partial charge in [-0.2, -0.15) is 0 Å². The van der Waals surface area contributed by atoms with Gasteiger partial charge in [-0.1, -0.05) is 11.6 Å². The molecule has 0 saturated carbocycles. The van der Waals surface area contributed by atoms with Crippen molar-refractivity contribution >= 4 is 57.3 Å². The van der Waals surface area contributed by atoms with Crippen LogP contribution in [0.25, 0.3) is 0 Å². The van der Waals surface area contributed by atoms with Crippen LogP contribution in [-0.4, -0.2) is 24.0 Å². The number of hydrogen-bond acceptors (Lipinski definition) is 6. The molecular weight excluding hydrogens is 412 g/mol. The summed E-state index contributed by atoms with van der Waals surface area (Å²) in [6, 6.07) is 13.6. The molecule has 0 atom stereocenters. The first kappa shape index (κ1) is 19.1. The van der Waals surface area contributed by atoms with Gasteiger partial charge >= 0.3 is 0 Å². The van der Waals surface area contributed by atoms with E-state index in [4.69, 9.17) is 11.6 Å². The highest BCUT2D eigenvalue weighted by atomic mass is 35.5. The molecule has 144 valence electrons. The molecule has 0 spiro atoms. The van der Waals surface area contributed by atoms with Crippen LogP contribution in [0.2, 0.25) is 5.02 Å². The number of thiazole rings is 1. The highest BCUT2D eigenvalue weighted by molar-refractivity contribution is 8.00. The number of anilines is 3. The van der Waals surface area contributed by atoms with Crippen molar-refractivity contribution in [1.82, 2.24) is 4.98 Å². The van der Waals surface area contributed by atoms with Gasteiger partial charge in [-0.3, -0.25) is 4.79 Å². The first-order valence-corrected chi connectivity index (χ1v) is 11.0. The Bertz CT molecular complexity index is 947. The number of carbonyl (C=O) groups is 1. The van der Waals surface area contributed by atoms with Gasteiger partial charge in [0, 0.05) is 39.4 Å². The second-order valence-corrected chi connectivity index (χ2v) is 8.62. The topological polar surface area (TPSA) is 57.3 Å². The zero-order valence-electron chi connectivity index (χ0n) is 15.0. The maximum absolute atomic E-state index is 12.5. The molecule has 0 aliphatic carbocycles. The molecule has 1 amide bonds. The maximum Gasteiger partial charge on any atom is 0.243 e. The lowest BCUT2D eigenvalue weighted by Gasteiger charge is -2.30. The summed E-state index contributed by atoms with van der Waals surface area (Å²) in [4.78, 5) is 19.9. The summed E-state index contributed by atoms with van der Waals surface area (Å²) in [6.07, 6.45) is 3.79. The third kappa shape index (κ3) is 4.79. The van der Waals surface area contributed by atoms with Gasteiger partial charge in [0.15, 0.2) is 5.13 Å². The number of amides is 1. The summed E-state index contributed by atoms with van der Waals surface area (Å²) in [5, 5.41) is 6.52. The summed E-state index contributed by atoms with van der Waals surface area (Å²) >= 11 is 9.14. The Morgan fingerprint density at radius 3 is 2.89 bits per heavy atom. The van der Waals surface area contributed by atoms with E-state index in [1.54, 1.807) is 17.5 Å². The van der Waals surface area contributed by atoms with E-state index in [-0.39, 0.29) is 5.91 Å². The van der Waals surface area contributed by atoms with E-state index in [0.717, 1.165) is 45.8 Å². The lowest BCUT2D eigenvalue weighted by Crippen LogP contribution is -2.36. The van der Waals surface area contributed by atoms with Gasteiger partial charge < -0.3 is 14.9 Å². The third-order valence-electron chi connectivity index (χ3n) is 4.42. The van der Waals surface area contributed by atoms with Gasteiger partial charge in [0.25, 0.3) is 0 Å². The molecule has 2 N–H and O–H groups in total. The summed E-state index contributed by atoms with van der Waals surface area (Å²) < 4.78 is 3.19. The molecule has 0 fully saturated rings. The normalized spacial score (nSPS) is 13.1. The maximum atomic E-state index is 12.5. The summed E-state index contributed by atoms with van der Waals surface area (Å²) in [5.41, 5.74) is 3.10. The van der Waals surface area contributed by atoms with Crippen LogP contribution in [0.15, 0.2) is 58.9 Å². The number of aryl methyl sites for hydroxylation is 1. The number of halogens is 1. The molecule has 1 aliphatic heterocycles. The van der Waals surface area contributed by atoms with Gasteiger partial charge in [0.1, 0.15) is 0 Å². The Labute approximate surface area is 177 Å². The van der Waals surface area contributed by atoms with E-state index >= 15 is 0 Å². The molecule has 28 heavy (non-hydrogen) atoms. The highest BCUT2D eigenvalue weighted by Gasteiger charge is 2.19. The molecule has 3 aromatic rings. The zero-order valence-corrected chi connectivity index (χ0v) is 17.4. The number of nitrogens with one attached hydrogen (secondary N) is 2.